The third-order valence-electron chi connectivity index (χ3n) is 3.17. The van der Waals surface area contributed by atoms with Gasteiger partial charge >= 0.3 is 0 Å². The van der Waals surface area contributed by atoms with Crippen molar-refractivity contribution in [1.29, 1.82) is 0 Å². The summed E-state index contributed by atoms with van der Waals surface area (Å²) in [6.45, 7) is 5.18. The molecule has 2 aromatic carbocycles. The molecule has 2 nitrogen and oxygen atoms in total. The van der Waals surface area contributed by atoms with E-state index in [1.807, 2.05) is 36.4 Å². The van der Waals surface area contributed by atoms with Crippen LogP contribution in [0.15, 0.2) is 66.2 Å². The lowest BCUT2D eigenvalue weighted by molar-refractivity contribution is 0.351. The van der Waals surface area contributed by atoms with Crippen molar-refractivity contribution < 1.29 is 4.74 Å². The number of ether oxygens (including phenoxy) is 1. The average Bonchev–Trinajstić information content (AvgIpc) is 2.48. The first-order chi connectivity index (χ1) is 9.34. The van der Waals surface area contributed by atoms with Crippen LogP contribution in [0.5, 0.6) is 0 Å². The molecule has 94 valence electrons. The zero-order chi connectivity index (χ0) is 13.1. The van der Waals surface area contributed by atoms with Gasteiger partial charge in [0.15, 0.2) is 0 Å². The molecule has 1 aliphatic rings. The Kier molecular flexibility index (Phi) is 3.15. The summed E-state index contributed by atoms with van der Waals surface area (Å²) in [5.74, 6) is 0.715. The molecule has 1 aliphatic heterocycles. The smallest absolute Gasteiger partial charge is 0.217 e. The molecule has 3 rings (SSSR count). The van der Waals surface area contributed by atoms with Crippen LogP contribution in [0.3, 0.4) is 0 Å². The molecule has 0 unspecified atom stereocenters. The zero-order valence-corrected chi connectivity index (χ0v) is 10.7. The minimum Gasteiger partial charge on any atom is -0.473 e. The van der Waals surface area contributed by atoms with Crippen LogP contribution in [-0.2, 0) is 11.3 Å². The number of benzene rings is 2. The molecule has 0 spiro atoms. The molecule has 0 bridgehead atoms. The summed E-state index contributed by atoms with van der Waals surface area (Å²) in [5, 5.41) is 0. The number of rotatable bonds is 2. The third kappa shape index (κ3) is 2.43. The Labute approximate surface area is 113 Å². The third-order valence-corrected chi connectivity index (χ3v) is 3.17. The standard InChI is InChI=1S/C17H15NO/c1-13-12-19-17(16-10-6-5-9-15(13)16)18-11-14-7-3-2-4-8-14/h2-10H,1,11-12H2. The maximum Gasteiger partial charge on any atom is 0.217 e. The highest BCUT2D eigenvalue weighted by Gasteiger charge is 2.18. The lowest BCUT2D eigenvalue weighted by atomic mass is 9.99. The first-order valence-corrected chi connectivity index (χ1v) is 6.33. The summed E-state index contributed by atoms with van der Waals surface area (Å²) >= 11 is 0. The first kappa shape index (κ1) is 11.7. The van der Waals surface area contributed by atoms with Gasteiger partial charge in [-0.1, -0.05) is 55.1 Å². The summed E-state index contributed by atoms with van der Waals surface area (Å²) in [6.07, 6.45) is 0. The van der Waals surface area contributed by atoms with Gasteiger partial charge in [0.2, 0.25) is 5.90 Å². The Morgan fingerprint density at radius 1 is 0.947 bits per heavy atom. The van der Waals surface area contributed by atoms with E-state index in [1.54, 1.807) is 0 Å². The van der Waals surface area contributed by atoms with Crippen LogP contribution in [0.1, 0.15) is 16.7 Å². The van der Waals surface area contributed by atoms with E-state index in [2.05, 4.69) is 29.8 Å². The number of nitrogens with zero attached hydrogens (tertiary/aromatic N) is 1. The topological polar surface area (TPSA) is 21.6 Å². The van der Waals surface area contributed by atoms with E-state index < -0.39 is 0 Å². The minimum absolute atomic E-state index is 0.518. The summed E-state index contributed by atoms with van der Waals surface area (Å²) < 4.78 is 5.69. The number of hydrogen-bond donors (Lipinski definition) is 0. The van der Waals surface area contributed by atoms with E-state index in [-0.39, 0.29) is 0 Å². The fourth-order valence-electron chi connectivity index (χ4n) is 2.17. The summed E-state index contributed by atoms with van der Waals surface area (Å²) in [5.41, 5.74) is 4.37. The highest BCUT2D eigenvalue weighted by molar-refractivity contribution is 6.01. The predicted molar refractivity (Wildman–Crippen MR) is 78.1 cm³/mol. The van der Waals surface area contributed by atoms with E-state index in [1.165, 1.54) is 5.56 Å². The second-order valence-corrected chi connectivity index (χ2v) is 4.54. The molecule has 0 saturated heterocycles. The van der Waals surface area contributed by atoms with Gasteiger partial charge in [-0.15, -0.1) is 0 Å². The van der Waals surface area contributed by atoms with Crippen LogP contribution in [0.2, 0.25) is 0 Å². The molecule has 0 atom stereocenters. The van der Waals surface area contributed by atoms with Crippen molar-refractivity contribution in [3.05, 3.63) is 77.9 Å². The van der Waals surface area contributed by atoms with Crippen molar-refractivity contribution in [1.82, 2.24) is 0 Å². The molecule has 0 saturated carbocycles. The summed E-state index contributed by atoms with van der Waals surface area (Å²) in [4.78, 5) is 4.58. The minimum atomic E-state index is 0.518. The van der Waals surface area contributed by atoms with E-state index >= 15 is 0 Å². The van der Waals surface area contributed by atoms with Crippen LogP contribution in [0, 0.1) is 0 Å². The molecule has 2 aromatic rings. The predicted octanol–water partition coefficient (Wildman–Crippen LogP) is 3.68. The Hall–Kier alpha value is -2.35. The summed E-state index contributed by atoms with van der Waals surface area (Å²) in [7, 11) is 0. The second-order valence-electron chi connectivity index (χ2n) is 4.54. The van der Waals surface area contributed by atoms with Crippen molar-refractivity contribution in [2.75, 3.05) is 6.61 Å². The highest BCUT2D eigenvalue weighted by atomic mass is 16.5. The molecule has 0 amide bonds. The van der Waals surface area contributed by atoms with Crippen molar-refractivity contribution in [2.24, 2.45) is 4.99 Å². The molecule has 0 aromatic heterocycles. The molecule has 1 heterocycles. The molecule has 0 radical (unpaired) electrons. The number of aliphatic imine (C=N–C) groups is 1. The normalized spacial score (nSPS) is 16.0. The molecule has 19 heavy (non-hydrogen) atoms. The van der Waals surface area contributed by atoms with Gasteiger partial charge in [-0.2, -0.15) is 0 Å². The van der Waals surface area contributed by atoms with Crippen LogP contribution >= 0.6 is 0 Å². The number of hydrogen-bond acceptors (Lipinski definition) is 2. The average molecular weight is 249 g/mol. The fourth-order valence-corrected chi connectivity index (χ4v) is 2.17. The monoisotopic (exact) mass is 249 g/mol. The zero-order valence-electron chi connectivity index (χ0n) is 10.7. The van der Waals surface area contributed by atoms with Gasteiger partial charge in [0.25, 0.3) is 0 Å². The van der Waals surface area contributed by atoms with Gasteiger partial charge in [-0.3, -0.25) is 0 Å². The van der Waals surface area contributed by atoms with E-state index in [0.29, 0.717) is 19.0 Å². The van der Waals surface area contributed by atoms with Crippen LogP contribution in [0.25, 0.3) is 5.57 Å². The van der Waals surface area contributed by atoms with E-state index in [4.69, 9.17) is 4.74 Å². The van der Waals surface area contributed by atoms with E-state index in [9.17, 15) is 0 Å². The Morgan fingerprint density at radius 2 is 1.63 bits per heavy atom. The van der Waals surface area contributed by atoms with Gasteiger partial charge in [0, 0.05) is 5.56 Å². The molecular formula is C17H15NO. The van der Waals surface area contributed by atoms with Gasteiger partial charge in [-0.25, -0.2) is 4.99 Å². The van der Waals surface area contributed by atoms with Crippen molar-refractivity contribution >= 4 is 11.5 Å². The molecule has 0 fully saturated rings. The van der Waals surface area contributed by atoms with Gasteiger partial charge in [0.05, 0.1) is 6.54 Å². The van der Waals surface area contributed by atoms with E-state index in [0.717, 1.165) is 16.7 Å². The molecule has 0 N–H and O–H groups in total. The van der Waals surface area contributed by atoms with Crippen molar-refractivity contribution in [3.8, 4) is 0 Å². The quantitative estimate of drug-likeness (QED) is 0.795. The van der Waals surface area contributed by atoms with Crippen molar-refractivity contribution in [2.45, 2.75) is 6.54 Å². The molecule has 2 heteroatoms. The van der Waals surface area contributed by atoms with Crippen molar-refractivity contribution in [3.63, 3.8) is 0 Å². The SMILES string of the molecule is C=C1COC(=NCc2ccccc2)c2ccccc21. The van der Waals surface area contributed by atoms with Crippen LogP contribution in [0.4, 0.5) is 0 Å². The summed E-state index contributed by atoms with van der Waals surface area (Å²) in [6, 6.07) is 18.3. The Balaban J connectivity index is 1.90. The van der Waals surface area contributed by atoms with Crippen LogP contribution < -0.4 is 0 Å². The maximum absolute atomic E-state index is 5.69. The van der Waals surface area contributed by atoms with Gasteiger partial charge < -0.3 is 4.74 Å². The highest BCUT2D eigenvalue weighted by Crippen LogP contribution is 2.24. The maximum atomic E-state index is 5.69. The van der Waals surface area contributed by atoms with Crippen LogP contribution in [-0.4, -0.2) is 12.5 Å². The van der Waals surface area contributed by atoms with Gasteiger partial charge in [-0.05, 0) is 22.8 Å². The molecular weight excluding hydrogens is 234 g/mol. The Bertz CT molecular complexity index is 629. The Morgan fingerprint density at radius 3 is 2.42 bits per heavy atom. The second kappa shape index (κ2) is 5.11. The lowest BCUT2D eigenvalue weighted by Crippen LogP contribution is -2.17. The van der Waals surface area contributed by atoms with Gasteiger partial charge in [0.1, 0.15) is 6.61 Å². The first-order valence-electron chi connectivity index (χ1n) is 6.33. The molecule has 0 aliphatic carbocycles. The fraction of sp³-hybridized carbons (Fsp3) is 0.118. The largest absolute Gasteiger partial charge is 0.473 e. The number of fused-ring (bicyclic) bond motifs is 1. The lowest BCUT2D eigenvalue weighted by Gasteiger charge is -2.20.